The smallest absolute Gasteiger partial charge is 0.0245 e. The van der Waals surface area contributed by atoms with Crippen LogP contribution in [0.2, 0.25) is 0 Å². The fourth-order valence-corrected chi connectivity index (χ4v) is 1.87. The highest BCUT2D eigenvalue weighted by atomic mass is 14.0. The lowest BCUT2D eigenvalue weighted by Gasteiger charge is -1.98. The Morgan fingerprint density at radius 1 is 0.722 bits per heavy atom. The van der Waals surface area contributed by atoms with E-state index in [0.29, 0.717) is 0 Å². The van der Waals surface area contributed by atoms with Crippen molar-refractivity contribution >= 4 is 0 Å². The average molecular weight is 234 g/mol. The molecule has 2 rings (SSSR count). The molecule has 0 aliphatic heterocycles. The van der Waals surface area contributed by atoms with Crippen LogP contribution >= 0.6 is 0 Å². The molecule has 0 bridgehead atoms. The normalized spacial score (nSPS) is 9.56. The second kappa shape index (κ2) is 7.35. The van der Waals surface area contributed by atoms with Crippen molar-refractivity contribution in [3.8, 4) is 11.8 Å². The van der Waals surface area contributed by atoms with Crippen molar-refractivity contribution in [1.29, 1.82) is 0 Å². The van der Waals surface area contributed by atoms with Crippen molar-refractivity contribution in [2.24, 2.45) is 0 Å². The van der Waals surface area contributed by atoms with Crippen LogP contribution in [0.3, 0.4) is 0 Å². The summed E-state index contributed by atoms with van der Waals surface area (Å²) in [6.45, 7) is 0. The molecule has 0 aromatic heterocycles. The lowest BCUT2D eigenvalue weighted by molar-refractivity contribution is 0.756. The van der Waals surface area contributed by atoms with E-state index in [1.807, 2.05) is 18.2 Å². The monoisotopic (exact) mass is 234 g/mol. The Balaban J connectivity index is 1.67. The molecule has 0 nitrogen and oxygen atoms in total. The van der Waals surface area contributed by atoms with Crippen molar-refractivity contribution in [1.82, 2.24) is 0 Å². The minimum Gasteiger partial charge on any atom is -0.0979 e. The first-order valence-corrected chi connectivity index (χ1v) is 6.53. The van der Waals surface area contributed by atoms with Gasteiger partial charge in [0.15, 0.2) is 0 Å². The van der Waals surface area contributed by atoms with Gasteiger partial charge in [-0.25, -0.2) is 0 Å². The lowest BCUT2D eigenvalue weighted by Crippen LogP contribution is -1.84. The number of aryl methyl sites for hydroxylation is 1. The average Bonchev–Trinajstić information content (AvgIpc) is 2.45. The Labute approximate surface area is 110 Å². The van der Waals surface area contributed by atoms with Crippen LogP contribution in [0.4, 0.5) is 0 Å². The van der Waals surface area contributed by atoms with Crippen molar-refractivity contribution in [2.75, 3.05) is 0 Å². The molecule has 2 aromatic carbocycles. The Morgan fingerprint density at radius 2 is 1.39 bits per heavy atom. The Bertz CT molecular complexity index is 500. The van der Waals surface area contributed by atoms with E-state index in [1.54, 1.807) is 0 Å². The highest BCUT2D eigenvalue weighted by Gasteiger charge is 1.90. The van der Waals surface area contributed by atoms with E-state index in [0.717, 1.165) is 18.4 Å². The second-order valence-corrected chi connectivity index (χ2v) is 4.36. The minimum atomic E-state index is 0.988. The molecule has 0 unspecified atom stereocenters. The molecule has 0 heteroatoms. The number of benzene rings is 2. The van der Waals surface area contributed by atoms with Gasteiger partial charge >= 0.3 is 0 Å². The van der Waals surface area contributed by atoms with Gasteiger partial charge in [-0.3, -0.25) is 0 Å². The van der Waals surface area contributed by atoms with Gasteiger partial charge in [0.05, 0.1) is 0 Å². The van der Waals surface area contributed by atoms with Crippen LogP contribution in [0, 0.1) is 11.8 Å². The topological polar surface area (TPSA) is 0 Å². The van der Waals surface area contributed by atoms with Crippen LogP contribution in [0.15, 0.2) is 60.7 Å². The van der Waals surface area contributed by atoms with Crippen LogP contribution < -0.4 is 0 Å². The molecule has 0 saturated carbocycles. The molecular formula is C18H18. The summed E-state index contributed by atoms with van der Waals surface area (Å²) in [7, 11) is 0. The molecule has 2 aromatic rings. The molecule has 0 saturated heterocycles. The van der Waals surface area contributed by atoms with E-state index in [1.165, 1.54) is 18.4 Å². The molecule has 18 heavy (non-hydrogen) atoms. The maximum absolute atomic E-state index is 3.24. The molecular weight excluding hydrogens is 216 g/mol. The molecule has 0 spiro atoms. The summed E-state index contributed by atoms with van der Waals surface area (Å²) in [6.07, 6.45) is 4.54. The molecule has 0 atom stereocenters. The van der Waals surface area contributed by atoms with Gasteiger partial charge in [0.25, 0.3) is 0 Å². The fourth-order valence-electron chi connectivity index (χ4n) is 1.87. The maximum Gasteiger partial charge on any atom is 0.0245 e. The summed E-state index contributed by atoms with van der Waals surface area (Å²) in [5.74, 6) is 6.43. The van der Waals surface area contributed by atoms with E-state index >= 15 is 0 Å². The van der Waals surface area contributed by atoms with Gasteiger partial charge in [0.1, 0.15) is 0 Å². The zero-order valence-electron chi connectivity index (χ0n) is 10.6. The highest BCUT2D eigenvalue weighted by Crippen LogP contribution is 2.05. The second-order valence-electron chi connectivity index (χ2n) is 4.36. The third-order valence-electron chi connectivity index (χ3n) is 2.87. The van der Waals surface area contributed by atoms with E-state index < -0.39 is 0 Å². The van der Waals surface area contributed by atoms with Crippen molar-refractivity contribution in [3.05, 3.63) is 71.8 Å². The molecule has 0 heterocycles. The SMILES string of the molecule is C(#Cc1ccccc1)CCCCc1ccccc1. The fraction of sp³-hybridized carbons (Fsp3) is 0.222. The zero-order chi connectivity index (χ0) is 12.5. The summed E-state index contributed by atoms with van der Waals surface area (Å²) < 4.78 is 0. The Morgan fingerprint density at radius 3 is 2.11 bits per heavy atom. The van der Waals surface area contributed by atoms with E-state index in [2.05, 4.69) is 54.3 Å². The summed E-state index contributed by atoms with van der Waals surface area (Å²) in [5.41, 5.74) is 2.54. The van der Waals surface area contributed by atoms with Gasteiger partial charge in [-0.2, -0.15) is 0 Å². The van der Waals surface area contributed by atoms with E-state index in [4.69, 9.17) is 0 Å². The van der Waals surface area contributed by atoms with Gasteiger partial charge in [0.2, 0.25) is 0 Å². The molecule has 0 amide bonds. The van der Waals surface area contributed by atoms with Crippen LogP contribution in [0.5, 0.6) is 0 Å². The van der Waals surface area contributed by atoms with Crippen LogP contribution in [0.25, 0.3) is 0 Å². The van der Waals surface area contributed by atoms with Gasteiger partial charge in [-0.1, -0.05) is 60.4 Å². The Hall–Kier alpha value is -2.00. The van der Waals surface area contributed by atoms with Crippen LogP contribution in [-0.4, -0.2) is 0 Å². The number of hydrogen-bond acceptors (Lipinski definition) is 0. The van der Waals surface area contributed by atoms with Gasteiger partial charge in [-0.15, -0.1) is 0 Å². The van der Waals surface area contributed by atoms with Gasteiger partial charge < -0.3 is 0 Å². The van der Waals surface area contributed by atoms with E-state index in [-0.39, 0.29) is 0 Å². The number of hydrogen-bond donors (Lipinski definition) is 0. The molecule has 0 aliphatic rings. The maximum atomic E-state index is 3.24. The predicted octanol–water partition coefficient (Wildman–Crippen LogP) is 4.45. The minimum absolute atomic E-state index is 0.988. The Kier molecular flexibility index (Phi) is 5.09. The van der Waals surface area contributed by atoms with Crippen LogP contribution in [0.1, 0.15) is 30.4 Å². The molecule has 0 fully saturated rings. The number of unbranched alkanes of at least 4 members (excludes halogenated alkanes) is 2. The largest absolute Gasteiger partial charge is 0.0979 e. The first-order chi connectivity index (χ1) is 8.95. The number of rotatable bonds is 4. The molecule has 0 N–H and O–H groups in total. The predicted molar refractivity (Wildman–Crippen MR) is 77.3 cm³/mol. The zero-order valence-corrected chi connectivity index (χ0v) is 10.6. The first-order valence-electron chi connectivity index (χ1n) is 6.53. The summed E-state index contributed by atoms with van der Waals surface area (Å²) in [5, 5.41) is 0. The molecule has 0 radical (unpaired) electrons. The standard InChI is InChI=1S/C18H18/c1(5-11-17-13-7-3-8-14-17)2-6-12-18-15-9-4-10-16-18/h3-4,7-10,13-16H,1-2,5,11H2. The molecule has 90 valence electrons. The highest BCUT2D eigenvalue weighted by molar-refractivity contribution is 5.33. The summed E-state index contributed by atoms with van der Waals surface area (Å²) >= 11 is 0. The van der Waals surface area contributed by atoms with Crippen LogP contribution in [-0.2, 0) is 6.42 Å². The summed E-state index contributed by atoms with van der Waals surface area (Å²) in [6, 6.07) is 20.8. The molecule has 0 aliphatic carbocycles. The first kappa shape index (κ1) is 12.5. The lowest BCUT2D eigenvalue weighted by atomic mass is 10.1. The quantitative estimate of drug-likeness (QED) is 0.541. The third-order valence-corrected chi connectivity index (χ3v) is 2.87. The van der Waals surface area contributed by atoms with Gasteiger partial charge in [0, 0.05) is 12.0 Å². The summed E-state index contributed by atoms with van der Waals surface area (Å²) in [4.78, 5) is 0. The van der Waals surface area contributed by atoms with Gasteiger partial charge in [-0.05, 0) is 37.0 Å². The van der Waals surface area contributed by atoms with Crippen molar-refractivity contribution in [2.45, 2.75) is 25.7 Å². The van der Waals surface area contributed by atoms with E-state index in [9.17, 15) is 0 Å². The van der Waals surface area contributed by atoms with Crippen molar-refractivity contribution in [3.63, 3.8) is 0 Å². The van der Waals surface area contributed by atoms with Crippen molar-refractivity contribution < 1.29 is 0 Å². The third kappa shape index (κ3) is 4.47.